The molecule has 0 rings (SSSR count). The van der Waals surface area contributed by atoms with Gasteiger partial charge in [-0.15, -0.1) is 0 Å². The van der Waals surface area contributed by atoms with E-state index in [4.69, 9.17) is 0 Å². The van der Waals surface area contributed by atoms with E-state index in [1.54, 1.807) is 0 Å². The van der Waals surface area contributed by atoms with E-state index in [0.717, 1.165) is 32.1 Å². The maximum atomic E-state index is 11.4. The van der Waals surface area contributed by atoms with Crippen molar-refractivity contribution >= 4 is 10.1 Å². The van der Waals surface area contributed by atoms with Crippen LogP contribution >= 0.6 is 0 Å². The Kier molecular flexibility index (Phi) is 12.3. The SMILES string of the molecule is CCCCCCCCC(CCC(O)CCCC)S(=O)(=O)O. The van der Waals surface area contributed by atoms with Crippen LogP contribution in [0.2, 0.25) is 0 Å². The van der Waals surface area contributed by atoms with Crippen molar-refractivity contribution in [3.63, 3.8) is 0 Å². The molecule has 2 unspecified atom stereocenters. The van der Waals surface area contributed by atoms with Gasteiger partial charge in [0.25, 0.3) is 10.1 Å². The fourth-order valence-electron chi connectivity index (χ4n) is 2.56. The Balaban J connectivity index is 4.00. The number of unbranched alkanes of at least 4 members (excludes halogenated alkanes) is 6. The minimum atomic E-state index is -3.99. The van der Waals surface area contributed by atoms with Gasteiger partial charge < -0.3 is 5.11 Å². The second kappa shape index (κ2) is 12.4. The average molecular weight is 323 g/mol. The Hall–Kier alpha value is -0.130. The highest BCUT2D eigenvalue weighted by molar-refractivity contribution is 7.86. The molecule has 2 N–H and O–H groups in total. The lowest BCUT2D eigenvalue weighted by Gasteiger charge is -2.16. The number of hydrogen-bond donors (Lipinski definition) is 2. The first kappa shape index (κ1) is 20.9. The van der Waals surface area contributed by atoms with Gasteiger partial charge in [0.2, 0.25) is 0 Å². The summed E-state index contributed by atoms with van der Waals surface area (Å²) in [6.45, 7) is 4.23. The third-order valence-corrected chi connectivity index (χ3v) is 5.33. The third-order valence-electron chi connectivity index (χ3n) is 4.01. The van der Waals surface area contributed by atoms with Crippen molar-refractivity contribution in [3.05, 3.63) is 0 Å². The first-order valence-electron chi connectivity index (χ1n) is 8.56. The van der Waals surface area contributed by atoms with Crippen LogP contribution in [0.25, 0.3) is 0 Å². The lowest BCUT2D eigenvalue weighted by atomic mass is 10.0. The molecule has 0 aromatic rings. The molecule has 0 radical (unpaired) electrons. The molecule has 21 heavy (non-hydrogen) atoms. The van der Waals surface area contributed by atoms with E-state index in [2.05, 4.69) is 13.8 Å². The predicted molar refractivity (Wildman–Crippen MR) is 88.1 cm³/mol. The van der Waals surface area contributed by atoms with Crippen LogP contribution in [-0.4, -0.2) is 29.4 Å². The topological polar surface area (TPSA) is 74.6 Å². The van der Waals surface area contributed by atoms with Gasteiger partial charge in [-0.25, -0.2) is 0 Å². The molecular weight excluding hydrogens is 288 g/mol. The van der Waals surface area contributed by atoms with Crippen molar-refractivity contribution in [2.24, 2.45) is 0 Å². The Bertz CT molecular complexity index is 327. The summed E-state index contributed by atoms with van der Waals surface area (Å²) in [5, 5.41) is 9.08. The predicted octanol–water partition coefficient (Wildman–Crippen LogP) is 4.32. The molecule has 4 nitrogen and oxygen atoms in total. The molecule has 5 heteroatoms. The first-order chi connectivity index (χ1) is 9.91. The maximum absolute atomic E-state index is 11.4. The van der Waals surface area contributed by atoms with Gasteiger partial charge in [0.1, 0.15) is 0 Å². The molecule has 2 atom stereocenters. The van der Waals surface area contributed by atoms with Crippen LogP contribution in [-0.2, 0) is 10.1 Å². The van der Waals surface area contributed by atoms with Crippen molar-refractivity contribution < 1.29 is 18.1 Å². The van der Waals surface area contributed by atoms with Crippen LogP contribution in [0.15, 0.2) is 0 Å². The first-order valence-corrected chi connectivity index (χ1v) is 10.1. The molecule has 0 spiro atoms. The Labute approximate surface area is 131 Å². The molecule has 0 amide bonds. The summed E-state index contributed by atoms with van der Waals surface area (Å²) >= 11 is 0. The zero-order valence-electron chi connectivity index (χ0n) is 13.8. The number of aliphatic hydroxyl groups excluding tert-OH is 1. The molecule has 0 aliphatic heterocycles. The number of hydrogen-bond acceptors (Lipinski definition) is 3. The van der Waals surface area contributed by atoms with Crippen molar-refractivity contribution in [2.45, 2.75) is 102 Å². The second-order valence-electron chi connectivity index (χ2n) is 6.07. The highest BCUT2D eigenvalue weighted by Crippen LogP contribution is 2.19. The smallest absolute Gasteiger partial charge is 0.267 e. The van der Waals surface area contributed by atoms with Crippen LogP contribution in [0.1, 0.15) is 90.9 Å². The van der Waals surface area contributed by atoms with E-state index in [0.29, 0.717) is 25.7 Å². The van der Waals surface area contributed by atoms with E-state index in [-0.39, 0.29) is 0 Å². The van der Waals surface area contributed by atoms with Gasteiger partial charge in [0, 0.05) is 0 Å². The van der Waals surface area contributed by atoms with Gasteiger partial charge in [-0.05, 0) is 25.7 Å². The molecule has 0 saturated carbocycles. The van der Waals surface area contributed by atoms with Gasteiger partial charge in [-0.2, -0.15) is 8.42 Å². The van der Waals surface area contributed by atoms with Gasteiger partial charge in [-0.1, -0.05) is 65.2 Å². The number of rotatable bonds is 14. The Morgan fingerprint density at radius 1 is 0.762 bits per heavy atom. The van der Waals surface area contributed by atoms with E-state index in [1.165, 1.54) is 19.3 Å². The van der Waals surface area contributed by atoms with Crippen molar-refractivity contribution in [2.75, 3.05) is 0 Å². The molecule has 128 valence electrons. The Morgan fingerprint density at radius 3 is 1.90 bits per heavy atom. The van der Waals surface area contributed by atoms with Crippen LogP contribution in [0.4, 0.5) is 0 Å². The zero-order valence-corrected chi connectivity index (χ0v) is 14.6. The summed E-state index contributed by atoms with van der Waals surface area (Å²) < 4.78 is 32.1. The monoisotopic (exact) mass is 322 g/mol. The molecule has 0 aliphatic carbocycles. The lowest BCUT2D eigenvalue weighted by Crippen LogP contribution is -2.22. The minimum Gasteiger partial charge on any atom is -0.393 e. The maximum Gasteiger partial charge on any atom is 0.267 e. The van der Waals surface area contributed by atoms with E-state index >= 15 is 0 Å². The van der Waals surface area contributed by atoms with Crippen LogP contribution in [0, 0.1) is 0 Å². The highest BCUT2D eigenvalue weighted by atomic mass is 32.2. The van der Waals surface area contributed by atoms with Crippen LogP contribution in [0.3, 0.4) is 0 Å². The summed E-state index contributed by atoms with van der Waals surface area (Å²) in [6.07, 6.45) is 10.2. The summed E-state index contributed by atoms with van der Waals surface area (Å²) in [5.41, 5.74) is 0. The molecule has 0 fully saturated rings. The van der Waals surface area contributed by atoms with E-state index in [1.807, 2.05) is 0 Å². The van der Waals surface area contributed by atoms with Crippen molar-refractivity contribution in [1.29, 1.82) is 0 Å². The minimum absolute atomic E-state index is 0.360. The summed E-state index contributed by atoms with van der Waals surface area (Å²) in [7, 11) is -3.99. The van der Waals surface area contributed by atoms with E-state index < -0.39 is 21.5 Å². The fraction of sp³-hybridized carbons (Fsp3) is 1.00. The standard InChI is InChI=1S/C16H34O4S/c1-3-5-7-8-9-10-12-16(21(18,19)20)14-13-15(17)11-6-4-2/h15-17H,3-14H2,1-2H3,(H,18,19,20). The number of aliphatic hydroxyl groups is 1. The van der Waals surface area contributed by atoms with E-state index in [9.17, 15) is 18.1 Å². The quantitative estimate of drug-likeness (QED) is 0.369. The van der Waals surface area contributed by atoms with Crippen LogP contribution < -0.4 is 0 Å². The average Bonchev–Trinajstić information content (AvgIpc) is 2.42. The molecule has 0 heterocycles. The summed E-state index contributed by atoms with van der Waals surface area (Å²) in [5.74, 6) is 0. The Morgan fingerprint density at radius 2 is 1.33 bits per heavy atom. The molecule has 0 aromatic heterocycles. The van der Waals surface area contributed by atoms with Crippen LogP contribution in [0.5, 0.6) is 0 Å². The van der Waals surface area contributed by atoms with Gasteiger partial charge in [-0.3, -0.25) is 4.55 Å². The van der Waals surface area contributed by atoms with Gasteiger partial charge >= 0.3 is 0 Å². The fourth-order valence-corrected chi connectivity index (χ4v) is 3.46. The molecule has 0 saturated heterocycles. The normalized spacial score (nSPS) is 15.0. The largest absolute Gasteiger partial charge is 0.393 e. The molecule has 0 aliphatic rings. The lowest BCUT2D eigenvalue weighted by molar-refractivity contribution is 0.148. The second-order valence-corrected chi connectivity index (χ2v) is 7.76. The molecular formula is C16H34O4S. The summed E-state index contributed by atoms with van der Waals surface area (Å²) in [6, 6.07) is 0. The van der Waals surface area contributed by atoms with Gasteiger partial charge in [0.05, 0.1) is 11.4 Å². The van der Waals surface area contributed by atoms with Crippen molar-refractivity contribution in [3.8, 4) is 0 Å². The zero-order chi connectivity index (χ0) is 16.1. The van der Waals surface area contributed by atoms with Crippen molar-refractivity contribution in [1.82, 2.24) is 0 Å². The highest BCUT2D eigenvalue weighted by Gasteiger charge is 2.23. The summed E-state index contributed by atoms with van der Waals surface area (Å²) in [4.78, 5) is 0. The molecule has 0 bridgehead atoms. The molecule has 0 aromatic carbocycles. The third kappa shape index (κ3) is 12.1. The van der Waals surface area contributed by atoms with Gasteiger partial charge in [0.15, 0.2) is 0 Å².